The van der Waals surface area contributed by atoms with E-state index in [1.54, 1.807) is 0 Å². The van der Waals surface area contributed by atoms with Crippen molar-refractivity contribution in [3.63, 3.8) is 0 Å². The van der Waals surface area contributed by atoms with Gasteiger partial charge in [-0.15, -0.1) is 20.4 Å². The van der Waals surface area contributed by atoms with E-state index in [4.69, 9.17) is 57.9 Å². The van der Waals surface area contributed by atoms with E-state index in [1.807, 2.05) is 0 Å². The Hall–Kier alpha value is -7.31. The normalized spacial score (nSPS) is 13.1. The molecule has 0 fully saturated rings. The lowest BCUT2D eigenvalue weighted by Gasteiger charge is -2.27. The number of carbonyl (C=O) groups is 2. The van der Waals surface area contributed by atoms with E-state index < -0.39 is 105 Å². The summed E-state index contributed by atoms with van der Waals surface area (Å²) >= 11 is 24.5. The van der Waals surface area contributed by atoms with E-state index in [-0.39, 0.29) is 54.5 Å². The van der Waals surface area contributed by atoms with E-state index >= 15 is 0 Å². The van der Waals surface area contributed by atoms with E-state index in [0.29, 0.717) is 18.5 Å². The third kappa shape index (κ3) is 12.0. The van der Waals surface area contributed by atoms with Gasteiger partial charge in [0.05, 0.1) is 23.1 Å². The lowest BCUT2D eigenvalue weighted by molar-refractivity contribution is -0.218. The van der Waals surface area contributed by atoms with Crippen LogP contribution < -0.4 is 22.8 Å². The molecule has 0 aliphatic carbocycles. The number of pyridine rings is 2. The molecule has 8 rings (SSSR count). The molecular weight excluding hydrogens is 1120 g/mol. The quantitative estimate of drug-likeness (QED) is 0.0726. The van der Waals surface area contributed by atoms with Crippen molar-refractivity contribution in [1.82, 2.24) is 68.2 Å². The standard InChI is InChI=1S/C40H29Cl4F6N16O8P/c41-21-9-5-19(6-10-21)31-59-63(17-27-55-35(29(51)67)65(57-27)33-23(43)3-1-13-53-33)37(69)61(31)15-25(39(45,46)47)73-75(71,72)74-26(40(48,49)50)16-62-32(20-7-11-22(42)12-8-20)60-64(38(62)70)18-28-56-36(30(52)68)66(58-28)34-24(44)4-2-14-54-34/h1-14,25-26H,15-18H2,(H2,51,67)(H2,52,68)(H,71,72)/t25-,26-/m0/s1. The summed E-state index contributed by atoms with van der Waals surface area (Å²) in [5.74, 6) is -5.51. The number of hydrogen-bond donors (Lipinski definition) is 3. The lowest BCUT2D eigenvalue weighted by atomic mass is 10.2. The maximum atomic E-state index is 14.9. The Morgan fingerprint density at radius 2 is 0.973 bits per heavy atom. The number of hydrogen-bond acceptors (Lipinski definition) is 15. The maximum Gasteiger partial charge on any atom is 0.473 e. The molecule has 2 aromatic carbocycles. The Balaban J connectivity index is 1.12. The van der Waals surface area contributed by atoms with Crippen molar-refractivity contribution in [2.45, 2.75) is 50.7 Å². The van der Waals surface area contributed by atoms with Crippen LogP contribution in [0.5, 0.6) is 0 Å². The average Bonchev–Trinajstić information content (AvgIpc) is 4.11. The molecule has 0 spiro atoms. The van der Waals surface area contributed by atoms with Gasteiger partial charge in [-0.3, -0.25) is 27.8 Å². The number of aromatic nitrogens is 14. The van der Waals surface area contributed by atoms with Gasteiger partial charge in [0.1, 0.15) is 13.1 Å². The molecule has 8 aromatic rings. The lowest BCUT2D eigenvalue weighted by Crippen LogP contribution is -2.41. The van der Waals surface area contributed by atoms with Gasteiger partial charge in [0.15, 0.2) is 47.1 Å². The van der Waals surface area contributed by atoms with Gasteiger partial charge in [0.25, 0.3) is 11.8 Å². The van der Waals surface area contributed by atoms with E-state index in [0.717, 1.165) is 9.36 Å². The fourth-order valence-corrected chi connectivity index (χ4v) is 8.63. The SMILES string of the molecule is NC(=O)c1nc(Cn2nc(-c3ccc(Cl)cc3)n(C[C@H](OP(=O)(O)O[C@@H](Cn3c(-c4ccc(Cl)cc4)nn(Cc4nc(C(N)=O)n(-c5ncccc5Cl)n4)c3=O)C(F)(F)F)C(F)(F)F)c2=O)nn1-c1ncccc1Cl. The molecule has 0 radical (unpaired) electrons. The van der Waals surface area contributed by atoms with Gasteiger partial charge >= 0.3 is 31.6 Å². The summed E-state index contributed by atoms with van der Waals surface area (Å²) in [5.41, 5.74) is 8.01. The summed E-state index contributed by atoms with van der Waals surface area (Å²) in [6, 6.07) is 15.7. The zero-order valence-electron chi connectivity index (χ0n) is 37.0. The monoisotopic (exact) mass is 1150 g/mol. The number of amides is 2. The van der Waals surface area contributed by atoms with Gasteiger partial charge in [0.2, 0.25) is 11.6 Å². The van der Waals surface area contributed by atoms with Crippen LogP contribution in [0.2, 0.25) is 20.1 Å². The largest absolute Gasteiger partial charge is 0.473 e. The van der Waals surface area contributed by atoms with Crippen molar-refractivity contribution in [2.75, 3.05) is 0 Å². The van der Waals surface area contributed by atoms with Crippen molar-refractivity contribution in [1.29, 1.82) is 0 Å². The van der Waals surface area contributed by atoms with Crippen molar-refractivity contribution in [3.8, 4) is 34.4 Å². The number of phosphoric ester groups is 1. The molecule has 0 unspecified atom stereocenters. The molecule has 0 bridgehead atoms. The summed E-state index contributed by atoms with van der Waals surface area (Å²) in [5, 5.41) is 16.6. The van der Waals surface area contributed by atoms with Crippen molar-refractivity contribution in [3.05, 3.63) is 150 Å². The van der Waals surface area contributed by atoms with Gasteiger partial charge in [0, 0.05) is 33.6 Å². The Bertz CT molecular complexity index is 3410. The van der Waals surface area contributed by atoms with Crippen LogP contribution in [0.25, 0.3) is 34.4 Å². The number of rotatable bonds is 18. The van der Waals surface area contributed by atoms with Gasteiger partial charge in [-0.1, -0.05) is 46.4 Å². The van der Waals surface area contributed by atoms with Crippen molar-refractivity contribution in [2.24, 2.45) is 11.5 Å². The number of alkyl halides is 6. The van der Waals surface area contributed by atoms with Crippen LogP contribution in [0.3, 0.4) is 0 Å². The number of phosphoric acid groups is 1. The highest BCUT2D eigenvalue weighted by molar-refractivity contribution is 7.47. The van der Waals surface area contributed by atoms with Crippen molar-refractivity contribution < 1.29 is 54.4 Å². The molecule has 0 aliphatic rings. The summed E-state index contributed by atoms with van der Waals surface area (Å²) in [7, 11) is -6.60. The zero-order chi connectivity index (χ0) is 54.3. The number of nitrogens with two attached hydrogens (primary N) is 2. The Kier molecular flexibility index (Phi) is 15.2. The third-order valence-electron chi connectivity index (χ3n) is 10.2. The number of benzene rings is 2. The molecule has 0 aliphatic heterocycles. The first kappa shape index (κ1) is 54.0. The molecule has 2 amide bonds. The molecule has 392 valence electrons. The number of primary amides is 2. The highest BCUT2D eigenvalue weighted by atomic mass is 35.5. The maximum absolute atomic E-state index is 14.9. The molecule has 75 heavy (non-hydrogen) atoms. The predicted octanol–water partition coefficient (Wildman–Crippen LogP) is 5.29. The van der Waals surface area contributed by atoms with Crippen LogP contribution in [0.4, 0.5) is 26.3 Å². The van der Waals surface area contributed by atoms with Crippen LogP contribution >= 0.6 is 54.2 Å². The highest BCUT2D eigenvalue weighted by Gasteiger charge is 2.51. The molecule has 6 aromatic heterocycles. The Labute approximate surface area is 433 Å². The second-order valence-electron chi connectivity index (χ2n) is 15.4. The van der Waals surface area contributed by atoms with Crippen LogP contribution in [0, 0.1) is 0 Å². The molecule has 0 saturated heterocycles. The fourth-order valence-electron chi connectivity index (χ4n) is 6.91. The van der Waals surface area contributed by atoms with Gasteiger partial charge in [-0.05, 0) is 72.8 Å². The number of nitrogens with zero attached hydrogens (tertiary/aromatic N) is 14. The molecule has 6 heterocycles. The predicted molar refractivity (Wildman–Crippen MR) is 249 cm³/mol. The Morgan fingerprint density at radius 3 is 1.29 bits per heavy atom. The molecule has 35 heteroatoms. The van der Waals surface area contributed by atoms with Crippen LogP contribution in [-0.2, 0) is 39.8 Å². The highest BCUT2D eigenvalue weighted by Crippen LogP contribution is 2.51. The molecule has 5 N–H and O–H groups in total. The summed E-state index contributed by atoms with van der Waals surface area (Å²) < 4.78 is 115. The van der Waals surface area contributed by atoms with E-state index in [9.17, 15) is 55.0 Å². The second-order valence-corrected chi connectivity index (χ2v) is 18.4. The van der Waals surface area contributed by atoms with Gasteiger partial charge < -0.3 is 16.4 Å². The topological polar surface area (TPSA) is 309 Å². The first-order chi connectivity index (χ1) is 35.3. The minimum atomic E-state index is -6.60. The third-order valence-corrected chi connectivity index (χ3v) is 12.3. The fraction of sp³-hybridized carbons (Fsp3) is 0.200. The van der Waals surface area contributed by atoms with Gasteiger partial charge in [-0.2, -0.15) is 35.7 Å². The minimum Gasteiger partial charge on any atom is -0.363 e. The zero-order valence-corrected chi connectivity index (χ0v) is 40.9. The van der Waals surface area contributed by atoms with E-state index in [1.165, 1.54) is 85.2 Å². The first-order valence-electron chi connectivity index (χ1n) is 20.7. The smallest absolute Gasteiger partial charge is 0.363 e. The summed E-state index contributed by atoms with van der Waals surface area (Å²) in [4.78, 5) is 79.5. The van der Waals surface area contributed by atoms with Crippen LogP contribution in [0.1, 0.15) is 32.9 Å². The molecule has 2 atom stereocenters. The first-order valence-corrected chi connectivity index (χ1v) is 23.7. The van der Waals surface area contributed by atoms with Crippen molar-refractivity contribution >= 4 is 66.0 Å². The molecule has 0 saturated carbocycles. The van der Waals surface area contributed by atoms with E-state index in [2.05, 4.69) is 49.4 Å². The summed E-state index contributed by atoms with van der Waals surface area (Å²) in [6.45, 7) is -5.08. The molecular formula is C40H29Cl4F6N16O8P. The Morgan fingerprint density at radius 1 is 0.613 bits per heavy atom. The van der Waals surface area contributed by atoms with Gasteiger partial charge in [-0.25, -0.2) is 43.5 Å². The number of carbonyl (C=O) groups excluding carboxylic acids is 2. The summed E-state index contributed by atoms with van der Waals surface area (Å²) in [6.07, 6.45) is -16.1. The molecule has 24 nitrogen and oxygen atoms in total. The average molecular weight is 1150 g/mol. The second kappa shape index (κ2) is 21.1. The minimum absolute atomic E-state index is 0.0230. The van der Waals surface area contributed by atoms with Crippen LogP contribution in [-0.4, -0.2) is 109 Å². The van der Waals surface area contributed by atoms with Crippen LogP contribution in [0.15, 0.2) is 94.8 Å². The number of halogens is 10.